The van der Waals surface area contributed by atoms with Crippen molar-refractivity contribution in [2.24, 2.45) is 0 Å². The molecular weight excluding hydrogens is 282 g/mol. The minimum Gasteiger partial charge on any atom is -0.507 e. The summed E-state index contributed by atoms with van der Waals surface area (Å²) < 4.78 is 0.771. The summed E-state index contributed by atoms with van der Waals surface area (Å²) in [5.41, 5.74) is 0.263. The van der Waals surface area contributed by atoms with E-state index in [2.05, 4.69) is 29.8 Å². The third kappa shape index (κ3) is 2.32. The van der Waals surface area contributed by atoms with Crippen molar-refractivity contribution >= 4 is 21.8 Å². The first-order valence-electron chi connectivity index (χ1n) is 5.72. The van der Waals surface area contributed by atoms with Crippen LogP contribution in [0.15, 0.2) is 22.7 Å². The van der Waals surface area contributed by atoms with Crippen LogP contribution in [0.4, 0.5) is 0 Å². The first kappa shape index (κ1) is 12.4. The third-order valence-electron chi connectivity index (χ3n) is 3.34. The molecular formula is C13H16BrNO2. The molecule has 92 valence electrons. The van der Waals surface area contributed by atoms with Crippen molar-refractivity contribution in [2.45, 2.75) is 32.2 Å². The fourth-order valence-electron chi connectivity index (χ4n) is 2.31. The van der Waals surface area contributed by atoms with E-state index in [-0.39, 0.29) is 17.2 Å². The number of phenolic OH excluding ortho intramolecular Hbond substituents is 1. The predicted octanol–water partition coefficient (Wildman–Crippen LogP) is 3.17. The Bertz CT molecular complexity index is 457. The number of hydrogen-bond donors (Lipinski definition) is 1. The van der Waals surface area contributed by atoms with Crippen molar-refractivity contribution in [1.29, 1.82) is 0 Å². The summed E-state index contributed by atoms with van der Waals surface area (Å²) in [6, 6.07) is 4.99. The number of likely N-dealkylation sites (tertiary alicyclic amines) is 1. The van der Waals surface area contributed by atoms with Gasteiger partial charge in [0.1, 0.15) is 5.75 Å². The van der Waals surface area contributed by atoms with Gasteiger partial charge in [-0.3, -0.25) is 4.79 Å². The van der Waals surface area contributed by atoms with Crippen molar-refractivity contribution in [3.05, 3.63) is 28.2 Å². The molecule has 2 rings (SSSR count). The zero-order chi connectivity index (χ0) is 12.6. The van der Waals surface area contributed by atoms with Gasteiger partial charge < -0.3 is 10.0 Å². The fraction of sp³-hybridized carbons (Fsp3) is 0.462. The maximum Gasteiger partial charge on any atom is 0.258 e. The number of rotatable bonds is 1. The maximum absolute atomic E-state index is 12.3. The summed E-state index contributed by atoms with van der Waals surface area (Å²) in [6.45, 7) is 4.89. The van der Waals surface area contributed by atoms with Gasteiger partial charge in [-0.05, 0) is 44.9 Å². The lowest BCUT2D eigenvalue weighted by molar-refractivity contribution is 0.0649. The van der Waals surface area contributed by atoms with Gasteiger partial charge in [0.2, 0.25) is 0 Å². The predicted molar refractivity (Wildman–Crippen MR) is 70.2 cm³/mol. The number of phenols is 1. The van der Waals surface area contributed by atoms with Crippen LogP contribution in [0.25, 0.3) is 0 Å². The molecule has 0 aliphatic carbocycles. The Labute approximate surface area is 110 Å². The monoisotopic (exact) mass is 297 g/mol. The summed E-state index contributed by atoms with van der Waals surface area (Å²) >= 11 is 3.27. The minimum atomic E-state index is -0.114. The van der Waals surface area contributed by atoms with Gasteiger partial charge in [0.15, 0.2) is 0 Å². The molecule has 0 atom stereocenters. The molecule has 3 nitrogen and oxygen atoms in total. The minimum absolute atomic E-state index is 0.0343. The number of nitrogens with zero attached hydrogens (tertiary/aromatic N) is 1. The average Bonchev–Trinajstić information content (AvgIpc) is 2.57. The molecule has 1 heterocycles. The second kappa shape index (κ2) is 4.33. The lowest BCUT2D eigenvalue weighted by Crippen LogP contribution is -2.42. The van der Waals surface area contributed by atoms with E-state index in [1.807, 2.05) is 4.90 Å². The topological polar surface area (TPSA) is 40.5 Å². The van der Waals surface area contributed by atoms with E-state index in [4.69, 9.17) is 0 Å². The van der Waals surface area contributed by atoms with Crippen molar-refractivity contribution < 1.29 is 9.90 Å². The zero-order valence-corrected chi connectivity index (χ0v) is 11.6. The van der Waals surface area contributed by atoms with Crippen molar-refractivity contribution in [1.82, 2.24) is 4.90 Å². The molecule has 0 saturated carbocycles. The Morgan fingerprint density at radius 2 is 2.18 bits per heavy atom. The van der Waals surface area contributed by atoms with E-state index >= 15 is 0 Å². The van der Waals surface area contributed by atoms with Crippen molar-refractivity contribution in [2.75, 3.05) is 6.54 Å². The molecule has 1 N–H and O–H groups in total. The molecule has 0 unspecified atom stereocenters. The van der Waals surface area contributed by atoms with Crippen LogP contribution in [-0.4, -0.2) is 28.0 Å². The fourth-order valence-corrected chi connectivity index (χ4v) is 2.66. The maximum atomic E-state index is 12.3. The Morgan fingerprint density at radius 3 is 2.71 bits per heavy atom. The van der Waals surface area contributed by atoms with Crippen LogP contribution in [-0.2, 0) is 0 Å². The number of hydrogen-bond acceptors (Lipinski definition) is 2. The van der Waals surface area contributed by atoms with Crippen LogP contribution in [0.5, 0.6) is 5.75 Å². The first-order chi connectivity index (χ1) is 7.92. The standard InChI is InChI=1S/C13H16BrNO2/c1-13(2)6-3-7-15(13)12(17)10-5-4-9(14)8-11(10)16/h4-5,8,16H,3,6-7H2,1-2H3. The van der Waals surface area contributed by atoms with Gasteiger partial charge in [-0.15, -0.1) is 0 Å². The second-order valence-electron chi connectivity index (χ2n) is 5.03. The first-order valence-corrected chi connectivity index (χ1v) is 6.51. The number of amides is 1. The Morgan fingerprint density at radius 1 is 1.47 bits per heavy atom. The Hall–Kier alpha value is -1.03. The molecule has 1 amide bonds. The summed E-state index contributed by atoms with van der Waals surface area (Å²) in [5, 5.41) is 9.81. The van der Waals surface area contributed by atoms with E-state index in [9.17, 15) is 9.90 Å². The summed E-state index contributed by atoms with van der Waals surface area (Å²) in [6.07, 6.45) is 2.03. The highest BCUT2D eigenvalue weighted by atomic mass is 79.9. The van der Waals surface area contributed by atoms with Crippen molar-refractivity contribution in [3.8, 4) is 5.75 Å². The lowest BCUT2D eigenvalue weighted by Gasteiger charge is -2.31. The van der Waals surface area contributed by atoms with E-state index < -0.39 is 0 Å². The molecule has 1 aromatic carbocycles. The molecule has 0 aromatic heterocycles. The number of aromatic hydroxyl groups is 1. The van der Waals surface area contributed by atoms with Crippen LogP contribution in [0.2, 0.25) is 0 Å². The average molecular weight is 298 g/mol. The van der Waals surface area contributed by atoms with E-state index in [1.54, 1.807) is 18.2 Å². The van der Waals surface area contributed by atoms with Gasteiger partial charge in [0.25, 0.3) is 5.91 Å². The SMILES string of the molecule is CC1(C)CCCN1C(=O)c1ccc(Br)cc1O. The van der Waals surface area contributed by atoms with E-state index in [0.29, 0.717) is 5.56 Å². The van der Waals surface area contributed by atoms with E-state index in [1.165, 1.54) is 0 Å². The molecule has 1 aliphatic rings. The molecule has 17 heavy (non-hydrogen) atoms. The second-order valence-corrected chi connectivity index (χ2v) is 5.95. The van der Waals surface area contributed by atoms with Gasteiger partial charge in [0.05, 0.1) is 5.56 Å². The van der Waals surface area contributed by atoms with E-state index in [0.717, 1.165) is 23.9 Å². The molecule has 4 heteroatoms. The molecule has 1 aromatic rings. The van der Waals surface area contributed by atoms with Crippen LogP contribution < -0.4 is 0 Å². The molecule has 1 saturated heterocycles. The highest BCUT2D eigenvalue weighted by Gasteiger charge is 2.36. The summed E-state index contributed by atoms with van der Waals surface area (Å²) in [4.78, 5) is 14.2. The normalized spacial score (nSPS) is 18.4. The zero-order valence-electron chi connectivity index (χ0n) is 10.0. The smallest absolute Gasteiger partial charge is 0.258 e. The van der Waals surface area contributed by atoms with Crippen LogP contribution in [0, 0.1) is 0 Å². The highest BCUT2D eigenvalue weighted by molar-refractivity contribution is 9.10. The number of carbonyl (C=O) groups excluding carboxylic acids is 1. The molecule has 0 radical (unpaired) electrons. The lowest BCUT2D eigenvalue weighted by atomic mass is 10.0. The third-order valence-corrected chi connectivity index (χ3v) is 3.83. The molecule has 0 spiro atoms. The van der Waals surface area contributed by atoms with Gasteiger partial charge in [-0.25, -0.2) is 0 Å². The summed E-state index contributed by atoms with van der Waals surface area (Å²) in [7, 11) is 0. The summed E-state index contributed by atoms with van der Waals surface area (Å²) in [5.74, 6) is -0.0513. The van der Waals surface area contributed by atoms with Crippen LogP contribution in [0.3, 0.4) is 0 Å². The van der Waals surface area contributed by atoms with Crippen LogP contribution in [0.1, 0.15) is 37.0 Å². The number of carbonyl (C=O) groups is 1. The van der Waals surface area contributed by atoms with Gasteiger partial charge in [-0.1, -0.05) is 15.9 Å². The quantitative estimate of drug-likeness (QED) is 0.865. The van der Waals surface area contributed by atoms with Crippen molar-refractivity contribution in [3.63, 3.8) is 0 Å². The molecule has 0 bridgehead atoms. The van der Waals surface area contributed by atoms with Crippen LogP contribution >= 0.6 is 15.9 Å². The molecule has 1 fully saturated rings. The Kier molecular flexibility index (Phi) is 3.17. The highest BCUT2D eigenvalue weighted by Crippen LogP contribution is 2.32. The number of benzene rings is 1. The molecule has 1 aliphatic heterocycles. The van der Waals surface area contributed by atoms with Gasteiger partial charge >= 0.3 is 0 Å². The van der Waals surface area contributed by atoms with Gasteiger partial charge in [-0.2, -0.15) is 0 Å². The Balaban J connectivity index is 2.31. The number of halogens is 1. The largest absolute Gasteiger partial charge is 0.507 e. The van der Waals surface area contributed by atoms with Gasteiger partial charge in [0, 0.05) is 16.6 Å².